The number of nitrogens with zero attached hydrogens (tertiary/aromatic N) is 1. The predicted octanol–water partition coefficient (Wildman–Crippen LogP) is 5.90. The fourth-order valence-corrected chi connectivity index (χ4v) is 5.55. The number of para-hydroxylation sites is 1. The molecule has 3 N–H and O–H groups in total. The summed E-state index contributed by atoms with van der Waals surface area (Å²) < 4.78 is 7.07. The Hall–Kier alpha value is -1.85. The van der Waals surface area contributed by atoms with Crippen LogP contribution in [0.15, 0.2) is 54.1 Å². The van der Waals surface area contributed by atoms with Crippen LogP contribution in [-0.4, -0.2) is 58.3 Å². The summed E-state index contributed by atoms with van der Waals surface area (Å²) in [5.74, 6) is 0.0814. The smallest absolute Gasteiger partial charge is 0.247 e. The van der Waals surface area contributed by atoms with E-state index in [1.165, 1.54) is 0 Å². The molecule has 3 atom stereocenters. The van der Waals surface area contributed by atoms with Crippen LogP contribution in [0.1, 0.15) is 57.4 Å². The van der Waals surface area contributed by atoms with Crippen molar-refractivity contribution in [3.05, 3.63) is 73.3 Å². The van der Waals surface area contributed by atoms with Crippen molar-refractivity contribution in [1.82, 2.24) is 10.2 Å². The summed E-state index contributed by atoms with van der Waals surface area (Å²) in [6, 6.07) is 11.9. The first kappa shape index (κ1) is 32.7. The monoisotopic (exact) mass is 702 g/mol. The third kappa shape index (κ3) is 9.34. The van der Waals surface area contributed by atoms with Gasteiger partial charge in [-0.2, -0.15) is 0 Å². The van der Waals surface area contributed by atoms with Gasteiger partial charge in [0.05, 0.1) is 26.3 Å². The number of benzene rings is 2. The number of rotatable bonds is 14. The van der Waals surface area contributed by atoms with Crippen LogP contribution in [0.2, 0.25) is 10.0 Å². The van der Waals surface area contributed by atoms with Crippen LogP contribution in [0.5, 0.6) is 5.75 Å². The molecule has 0 bridgehead atoms. The molecule has 0 aromatic heterocycles. The second kappa shape index (κ2) is 16.6. The number of hydrogen-bond donors (Lipinski definition) is 3. The van der Waals surface area contributed by atoms with E-state index >= 15 is 0 Å². The Balaban J connectivity index is 1.94. The molecule has 10 heteroatoms. The topological polar surface area (TPSA) is 99.1 Å². The van der Waals surface area contributed by atoms with Gasteiger partial charge < -0.3 is 25.2 Å². The number of aliphatic hydroxyl groups excluding tert-OH is 2. The Morgan fingerprint density at radius 1 is 1.10 bits per heavy atom. The van der Waals surface area contributed by atoms with Crippen LogP contribution in [-0.2, 0) is 16.1 Å². The van der Waals surface area contributed by atoms with Crippen LogP contribution in [0.25, 0.3) is 0 Å². The minimum Gasteiger partial charge on any atom is -0.482 e. The molecule has 0 saturated heterocycles. The number of nitrogens with one attached hydrogen (secondary N) is 1. The van der Waals surface area contributed by atoms with E-state index in [-0.39, 0.29) is 37.9 Å². The van der Waals surface area contributed by atoms with Gasteiger partial charge in [-0.25, -0.2) is 0 Å². The molecule has 0 unspecified atom stereocenters. The Morgan fingerprint density at radius 3 is 2.55 bits per heavy atom. The first-order valence-corrected chi connectivity index (χ1v) is 15.5. The summed E-state index contributed by atoms with van der Waals surface area (Å²) in [4.78, 5) is 28.4. The molecule has 1 aliphatic carbocycles. The number of halogens is 3. The lowest BCUT2D eigenvalue weighted by atomic mass is 9.87. The standard InChI is InChI=1S/C30H37Cl2IN2O5/c1-2-3-4-5-6-11-28(37)35(19-20-12-13-22(31)23(32)16-20)25-17-21(30(39)34-14-15-36)18-27(29(25)38)40-26-10-8-7-9-24(26)33/h7-10,12-13,16,18,25,27,29,36,38H,2-6,11,14-15,17,19H2,1H3,(H,34,39)/t25-,27+,29+/m1/s1. The summed E-state index contributed by atoms with van der Waals surface area (Å²) in [6.45, 7) is 2.22. The Bertz CT molecular complexity index is 1180. The number of carbonyl (C=O) groups excluding carboxylic acids is 2. The molecule has 2 amide bonds. The Kier molecular flexibility index (Phi) is 13.5. The molecule has 2 aromatic rings. The number of hydrogen-bond acceptors (Lipinski definition) is 5. The molecular weight excluding hydrogens is 666 g/mol. The lowest BCUT2D eigenvalue weighted by molar-refractivity contribution is -0.139. The Morgan fingerprint density at radius 2 is 1.85 bits per heavy atom. The fraction of sp³-hybridized carbons (Fsp3) is 0.467. The maximum absolute atomic E-state index is 13.7. The predicted molar refractivity (Wildman–Crippen MR) is 167 cm³/mol. The average molecular weight is 703 g/mol. The van der Waals surface area contributed by atoms with Crippen molar-refractivity contribution in [3.63, 3.8) is 0 Å². The van der Waals surface area contributed by atoms with Crippen LogP contribution in [0.4, 0.5) is 0 Å². The highest BCUT2D eigenvalue weighted by molar-refractivity contribution is 14.1. The van der Waals surface area contributed by atoms with Crippen molar-refractivity contribution in [2.75, 3.05) is 13.2 Å². The fourth-order valence-electron chi connectivity index (χ4n) is 4.71. The lowest BCUT2D eigenvalue weighted by Crippen LogP contribution is -2.54. The highest BCUT2D eigenvalue weighted by Crippen LogP contribution is 2.32. The first-order chi connectivity index (χ1) is 19.2. The number of unbranched alkanes of at least 4 members (excludes halogenated alkanes) is 4. The average Bonchev–Trinajstić information content (AvgIpc) is 2.94. The molecule has 0 fully saturated rings. The maximum Gasteiger partial charge on any atom is 0.247 e. The van der Waals surface area contributed by atoms with Gasteiger partial charge in [0, 0.05) is 31.5 Å². The summed E-state index contributed by atoms with van der Waals surface area (Å²) in [6.07, 6.45) is 5.07. The summed E-state index contributed by atoms with van der Waals surface area (Å²) in [5.41, 5.74) is 1.14. The highest BCUT2D eigenvalue weighted by Gasteiger charge is 2.40. The third-order valence-electron chi connectivity index (χ3n) is 6.87. The van der Waals surface area contributed by atoms with E-state index in [1.807, 2.05) is 18.2 Å². The molecular formula is C30H37Cl2IN2O5. The van der Waals surface area contributed by atoms with Gasteiger partial charge in [0.25, 0.3) is 0 Å². The van der Waals surface area contributed by atoms with Gasteiger partial charge in [0.15, 0.2) is 0 Å². The van der Waals surface area contributed by atoms with Crippen molar-refractivity contribution in [2.45, 2.75) is 76.7 Å². The van der Waals surface area contributed by atoms with Crippen molar-refractivity contribution in [2.24, 2.45) is 0 Å². The lowest BCUT2D eigenvalue weighted by Gasteiger charge is -2.40. The minimum absolute atomic E-state index is 0.0924. The first-order valence-electron chi connectivity index (χ1n) is 13.7. The zero-order valence-corrected chi connectivity index (χ0v) is 26.3. The van der Waals surface area contributed by atoms with Crippen molar-refractivity contribution in [1.29, 1.82) is 0 Å². The van der Waals surface area contributed by atoms with Crippen LogP contribution >= 0.6 is 45.8 Å². The van der Waals surface area contributed by atoms with Gasteiger partial charge in [-0.3, -0.25) is 9.59 Å². The molecule has 0 heterocycles. The molecule has 40 heavy (non-hydrogen) atoms. The van der Waals surface area contributed by atoms with Gasteiger partial charge in [0.1, 0.15) is 18.0 Å². The van der Waals surface area contributed by atoms with E-state index in [0.29, 0.717) is 27.8 Å². The normalized spacial score (nSPS) is 18.6. The van der Waals surface area contributed by atoms with Gasteiger partial charge in [-0.1, -0.05) is 74.0 Å². The third-order valence-corrected chi connectivity index (χ3v) is 8.50. The van der Waals surface area contributed by atoms with Crippen molar-refractivity contribution < 1.29 is 24.5 Å². The number of ether oxygens (including phenoxy) is 1. The number of carbonyl (C=O) groups is 2. The van der Waals surface area contributed by atoms with Crippen LogP contribution in [0.3, 0.4) is 0 Å². The Labute approximate surface area is 260 Å². The number of aliphatic hydroxyl groups is 2. The van der Waals surface area contributed by atoms with Crippen LogP contribution in [0, 0.1) is 3.57 Å². The molecule has 0 aliphatic heterocycles. The van der Waals surface area contributed by atoms with Crippen molar-refractivity contribution in [3.8, 4) is 5.75 Å². The molecule has 3 rings (SSSR count). The van der Waals surface area contributed by atoms with Gasteiger partial charge in [0.2, 0.25) is 11.8 Å². The SMILES string of the molecule is CCCCCCCC(=O)N(Cc1ccc(Cl)c(Cl)c1)[C@@H]1CC(C(=O)NCCO)=C[C@H](Oc2ccccc2I)[C@H]1O. The summed E-state index contributed by atoms with van der Waals surface area (Å²) in [5, 5.41) is 24.3. The minimum atomic E-state index is -1.10. The van der Waals surface area contributed by atoms with E-state index in [4.69, 9.17) is 27.9 Å². The zero-order chi connectivity index (χ0) is 29.1. The second-order valence-corrected chi connectivity index (χ2v) is 11.9. The van der Waals surface area contributed by atoms with Gasteiger partial charge >= 0.3 is 0 Å². The van der Waals surface area contributed by atoms with E-state index in [2.05, 4.69) is 34.8 Å². The van der Waals surface area contributed by atoms with E-state index < -0.39 is 18.2 Å². The molecule has 0 saturated carbocycles. The second-order valence-electron chi connectivity index (χ2n) is 9.88. The summed E-state index contributed by atoms with van der Waals surface area (Å²) >= 11 is 14.6. The molecule has 0 spiro atoms. The maximum atomic E-state index is 13.7. The molecule has 1 aliphatic rings. The van der Waals surface area contributed by atoms with E-state index in [1.54, 1.807) is 35.2 Å². The van der Waals surface area contributed by atoms with Crippen molar-refractivity contribution >= 4 is 57.6 Å². The summed E-state index contributed by atoms with van der Waals surface area (Å²) in [7, 11) is 0. The van der Waals surface area contributed by atoms with Crippen LogP contribution < -0.4 is 10.1 Å². The largest absolute Gasteiger partial charge is 0.482 e. The molecule has 7 nitrogen and oxygen atoms in total. The zero-order valence-electron chi connectivity index (χ0n) is 22.6. The van der Waals surface area contributed by atoms with Gasteiger partial charge in [-0.15, -0.1) is 0 Å². The van der Waals surface area contributed by atoms with E-state index in [0.717, 1.165) is 41.2 Å². The van der Waals surface area contributed by atoms with Gasteiger partial charge in [-0.05, 0) is 64.9 Å². The molecule has 2 aromatic carbocycles. The van der Waals surface area contributed by atoms with E-state index in [9.17, 15) is 19.8 Å². The molecule has 218 valence electrons. The number of amides is 2. The highest BCUT2D eigenvalue weighted by atomic mass is 127. The quantitative estimate of drug-likeness (QED) is 0.168. The molecule has 0 radical (unpaired) electrons.